The van der Waals surface area contributed by atoms with Crippen molar-refractivity contribution in [1.82, 2.24) is 0 Å². The van der Waals surface area contributed by atoms with Crippen LogP contribution < -0.4 is 0 Å². The first kappa shape index (κ1) is 12.7. The lowest BCUT2D eigenvalue weighted by Gasteiger charge is -2.23. The van der Waals surface area contributed by atoms with Crippen molar-refractivity contribution in [3.05, 3.63) is 12.2 Å². The largest absolute Gasteiger partial charge is 0.458 e. The molecule has 0 radical (unpaired) electrons. The Kier molecular flexibility index (Phi) is 4.91. The molecule has 0 saturated heterocycles. The second kappa shape index (κ2) is 5.42. The molecule has 0 bridgehead atoms. The molecule has 0 fully saturated rings. The molecule has 0 aliphatic rings. The van der Waals surface area contributed by atoms with Crippen LogP contribution in [-0.4, -0.2) is 24.1 Å². The van der Waals surface area contributed by atoms with Crippen molar-refractivity contribution in [3.8, 4) is 0 Å². The summed E-state index contributed by atoms with van der Waals surface area (Å²) in [5, 5.41) is 0. The minimum atomic E-state index is -0.775. The quantitative estimate of drug-likeness (QED) is 0.509. The fraction of sp³-hybridized carbons (Fsp3) is 0.600. The van der Waals surface area contributed by atoms with Crippen molar-refractivity contribution in [2.24, 2.45) is 0 Å². The van der Waals surface area contributed by atoms with Crippen molar-refractivity contribution in [1.29, 1.82) is 0 Å². The number of esters is 2. The Balaban J connectivity index is 3.98. The minimum absolute atomic E-state index is 0.0513. The number of ether oxygens (including phenoxy) is 2. The summed E-state index contributed by atoms with van der Waals surface area (Å²) in [5.74, 6) is -0.829. The molecule has 4 nitrogen and oxygen atoms in total. The van der Waals surface area contributed by atoms with Gasteiger partial charge < -0.3 is 9.47 Å². The molecule has 0 N–H and O–H groups in total. The Morgan fingerprint density at radius 3 is 2.36 bits per heavy atom. The summed E-state index contributed by atoms with van der Waals surface area (Å²) in [5.41, 5.74) is -0.775. The molecule has 0 unspecified atom stereocenters. The number of hydrogen-bond acceptors (Lipinski definition) is 4. The fourth-order valence-electron chi connectivity index (χ4n) is 0.848. The summed E-state index contributed by atoms with van der Waals surface area (Å²) >= 11 is 0. The van der Waals surface area contributed by atoms with Gasteiger partial charge in [-0.25, -0.2) is 4.79 Å². The summed E-state index contributed by atoms with van der Waals surface area (Å²) in [6.07, 6.45) is 2.89. The molecule has 0 spiro atoms. The molecule has 0 heterocycles. The molecule has 14 heavy (non-hydrogen) atoms. The second-order valence-corrected chi connectivity index (χ2v) is 3.46. The average Bonchev–Trinajstić information content (AvgIpc) is 1.99. The maximum absolute atomic E-state index is 10.9. The molecule has 0 aromatic heterocycles. The Morgan fingerprint density at radius 1 is 1.36 bits per heavy atom. The van der Waals surface area contributed by atoms with Crippen LogP contribution >= 0.6 is 0 Å². The highest BCUT2D eigenvalue weighted by molar-refractivity contribution is 5.81. The molecule has 0 saturated carbocycles. The predicted molar refractivity (Wildman–Crippen MR) is 51.6 cm³/mol. The third-order valence-electron chi connectivity index (χ3n) is 1.28. The van der Waals surface area contributed by atoms with E-state index < -0.39 is 17.5 Å². The monoisotopic (exact) mass is 200 g/mol. The standard InChI is InChI=1S/C10H16O4/c1-5-6-9(12)13-7-10(3,4)14-8(2)11/h5-6H,7H2,1-4H3/b6-5+. The maximum atomic E-state index is 10.9. The van der Waals surface area contributed by atoms with E-state index in [0.717, 1.165) is 0 Å². The molecule has 0 aliphatic carbocycles. The molecular formula is C10H16O4. The molecule has 0 amide bonds. The highest BCUT2D eigenvalue weighted by atomic mass is 16.6. The Labute approximate surface area is 83.9 Å². The average molecular weight is 200 g/mol. The van der Waals surface area contributed by atoms with Gasteiger partial charge in [-0.05, 0) is 20.8 Å². The van der Waals surface area contributed by atoms with Gasteiger partial charge in [-0.15, -0.1) is 0 Å². The second-order valence-electron chi connectivity index (χ2n) is 3.46. The van der Waals surface area contributed by atoms with E-state index in [1.165, 1.54) is 13.0 Å². The number of carbonyl (C=O) groups is 2. The molecule has 4 heteroatoms. The zero-order valence-corrected chi connectivity index (χ0v) is 8.99. The van der Waals surface area contributed by atoms with Gasteiger partial charge >= 0.3 is 11.9 Å². The van der Waals surface area contributed by atoms with Gasteiger partial charge in [-0.1, -0.05) is 6.08 Å². The number of hydrogen-bond donors (Lipinski definition) is 0. The third kappa shape index (κ3) is 6.22. The summed E-state index contributed by atoms with van der Waals surface area (Å²) in [6.45, 7) is 6.44. The van der Waals surface area contributed by atoms with E-state index in [1.807, 2.05) is 0 Å². The summed E-state index contributed by atoms with van der Waals surface area (Å²) in [7, 11) is 0. The van der Waals surface area contributed by atoms with E-state index in [4.69, 9.17) is 9.47 Å². The van der Waals surface area contributed by atoms with Crippen LogP contribution in [0.5, 0.6) is 0 Å². The van der Waals surface area contributed by atoms with Crippen molar-refractivity contribution in [3.63, 3.8) is 0 Å². The number of carbonyl (C=O) groups excluding carboxylic acids is 2. The van der Waals surface area contributed by atoms with Crippen molar-refractivity contribution in [2.75, 3.05) is 6.61 Å². The summed E-state index contributed by atoms with van der Waals surface area (Å²) in [6, 6.07) is 0. The van der Waals surface area contributed by atoms with Crippen LogP contribution in [0, 0.1) is 0 Å². The lowest BCUT2D eigenvalue weighted by atomic mass is 10.1. The normalized spacial score (nSPS) is 11.4. The lowest BCUT2D eigenvalue weighted by Crippen LogP contribution is -2.33. The smallest absolute Gasteiger partial charge is 0.330 e. The van der Waals surface area contributed by atoms with Crippen molar-refractivity contribution in [2.45, 2.75) is 33.3 Å². The van der Waals surface area contributed by atoms with Gasteiger partial charge in [-0.2, -0.15) is 0 Å². The molecule has 0 aromatic carbocycles. The number of rotatable bonds is 4. The molecule has 0 rings (SSSR count). The van der Waals surface area contributed by atoms with E-state index in [2.05, 4.69) is 0 Å². The van der Waals surface area contributed by atoms with Crippen LogP contribution in [0.25, 0.3) is 0 Å². The van der Waals surface area contributed by atoms with Crippen LogP contribution in [0.2, 0.25) is 0 Å². The van der Waals surface area contributed by atoms with Gasteiger partial charge in [0.2, 0.25) is 0 Å². The SMILES string of the molecule is C/C=C/C(=O)OCC(C)(C)OC(C)=O. The van der Waals surface area contributed by atoms with Gasteiger partial charge in [0.05, 0.1) is 0 Å². The Hall–Kier alpha value is -1.32. The van der Waals surface area contributed by atoms with Crippen molar-refractivity contribution >= 4 is 11.9 Å². The minimum Gasteiger partial charge on any atom is -0.458 e. The highest BCUT2D eigenvalue weighted by Crippen LogP contribution is 2.09. The topological polar surface area (TPSA) is 52.6 Å². The van der Waals surface area contributed by atoms with E-state index in [9.17, 15) is 9.59 Å². The van der Waals surface area contributed by atoms with Gasteiger partial charge in [0.1, 0.15) is 12.2 Å². The molecule has 80 valence electrons. The van der Waals surface area contributed by atoms with E-state index >= 15 is 0 Å². The third-order valence-corrected chi connectivity index (χ3v) is 1.28. The molecular weight excluding hydrogens is 184 g/mol. The zero-order valence-electron chi connectivity index (χ0n) is 8.99. The van der Waals surface area contributed by atoms with E-state index in [-0.39, 0.29) is 6.61 Å². The Morgan fingerprint density at radius 2 is 1.93 bits per heavy atom. The highest BCUT2D eigenvalue weighted by Gasteiger charge is 2.22. The first-order valence-electron chi connectivity index (χ1n) is 4.36. The van der Waals surface area contributed by atoms with Crippen LogP contribution in [0.1, 0.15) is 27.7 Å². The van der Waals surface area contributed by atoms with Crippen LogP contribution in [-0.2, 0) is 19.1 Å². The first-order chi connectivity index (χ1) is 6.37. The van der Waals surface area contributed by atoms with Gasteiger partial charge in [-0.3, -0.25) is 4.79 Å². The van der Waals surface area contributed by atoms with Gasteiger partial charge in [0.25, 0.3) is 0 Å². The number of allylic oxidation sites excluding steroid dienone is 1. The molecule has 0 aliphatic heterocycles. The maximum Gasteiger partial charge on any atom is 0.330 e. The van der Waals surface area contributed by atoms with Crippen LogP contribution in [0.4, 0.5) is 0 Å². The molecule has 0 aromatic rings. The lowest BCUT2D eigenvalue weighted by molar-refractivity contribution is -0.164. The van der Waals surface area contributed by atoms with Crippen molar-refractivity contribution < 1.29 is 19.1 Å². The van der Waals surface area contributed by atoms with Crippen LogP contribution in [0.15, 0.2) is 12.2 Å². The fourth-order valence-corrected chi connectivity index (χ4v) is 0.848. The predicted octanol–water partition coefficient (Wildman–Crippen LogP) is 1.45. The van der Waals surface area contributed by atoms with E-state index in [0.29, 0.717) is 0 Å². The zero-order chi connectivity index (χ0) is 11.2. The summed E-state index contributed by atoms with van der Waals surface area (Å²) in [4.78, 5) is 21.6. The summed E-state index contributed by atoms with van der Waals surface area (Å²) < 4.78 is 9.77. The Bertz CT molecular complexity index is 241. The van der Waals surface area contributed by atoms with Gasteiger partial charge in [0, 0.05) is 13.0 Å². The van der Waals surface area contributed by atoms with E-state index in [1.54, 1.807) is 26.8 Å². The first-order valence-corrected chi connectivity index (χ1v) is 4.36. The van der Waals surface area contributed by atoms with Crippen LogP contribution in [0.3, 0.4) is 0 Å². The van der Waals surface area contributed by atoms with Gasteiger partial charge in [0.15, 0.2) is 0 Å². The molecule has 0 atom stereocenters.